The Bertz CT molecular complexity index is 859. The van der Waals surface area contributed by atoms with Crippen LogP contribution >= 0.6 is 11.6 Å². The molecule has 1 aromatic carbocycles. The van der Waals surface area contributed by atoms with Gasteiger partial charge in [0.1, 0.15) is 0 Å². The zero-order valence-electron chi connectivity index (χ0n) is 16.8. The summed E-state index contributed by atoms with van der Waals surface area (Å²) in [7, 11) is -3.29. The summed E-state index contributed by atoms with van der Waals surface area (Å²) in [5, 5.41) is 3.37. The fourth-order valence-corrected chi connectivity index (χ4v) is 6.95. The Labute approximate surface area is 178 Å². The topological polar surface area (TPSA) is 69.7 Å². The number of anilines is 1. The Morgan fingerprint density at radius 2 is 1.86 bits per heavy atom. The van der Waals surface area contributed by atoms with E-state index in [1.54, 1.807) is 18.2 Å². The van der Waals surface area contributed by atoms with Crippen molar-refractivity contribution in [3.05, 3.63) is 28.8 Å². The van der Waals surface area contributed by atoms with Crippen LogP contribution in [-0.2, 0) is 10.0 Å². The van der Waals surface area contributed by atoms with Gasteiger partial charge in [0.15, 0.2) is 0 Å². The molecule has 0 aromatic heterocycles. The number of nitrogens with zero attached hydrogens (tertiary/aromatic N) is 2. The Morgan fingerprint density at radius 1 is 1.07 bits per heavy atom. The summed E-state index contributed by atoms with van der Waals surface area (Å²) in [6.07, 6.45) is 7.64. The molecular formula is C21H30ClN3O3S. The third-order valence-corrected chi connectivity index (χ3v) is 8.77. The minimum absolute atomic E-state index is 0.159. The van der Waals surface area contributed by atoms with Gasteiger partial charge in [-0.15, -0.1) is 0 Å². The SMILES string of the molecule is O=C(NC[C@H]1CCCN2CCCC[C@H]12)c1ccc(N2CCCCS2(=O)=O)cc1Cl. The molecule has 0 radical (unpaired) electrons. The van der Waals surface area contributed by atoms with Crippen molar-refractivity contribution in [3.63, 3.8) is 0 Å². The first-order valence-corrected chi connectivity index (χ1v) is 12.8. The van der Waals surface area contributed by atoms with Crippen molar-refractivity contribution in [2.75, 3.05) is 36.2 Å². The Balaban J connectivity index is 1.41. The number of hydrogen-bond donors (Lipinski definition) is 1. The standard InChI is InChI=1S/C21H30ClN3O3S/c22-19-14-17(25-12-3-4-13-29(25,27)28)8-9-18(19)21(26)23-15-16-6-5-11-24-10-2-1-7-20(16)24/h8-9,14,16,20H,1-7,10-13,15H2,(H,23,26)/t16-,20-/m1/s1. The van der Waals surface area contributed by atoms with E-state index >= 15 is 0 Å². The quantitative estimate of drug-likeness (QED) is 0.781. The van der Waals surface area contributed by atoms with Crippen LogP contribution in [0.1, 0.15) is 55.3 Å². The zero-order chi connectivity index (χ0) is 20.4. The lowest BCUT2D eigenvalue weighted by Crippen LogP contribution is -2.51. The lowest BCUT2D eigenvalue weighted by molar-refractivity contribution is 0.0575. The molecule has 3 aliphatic heterocycles. The van der Waals surface area contributed by atoms with Crippen molar-refractivity contribution in [3.8, 4) is 0 Å². The molecule has 1 amide bonds. The van der Waals surface area contributed by atoms with E-state index in [9.17, 15) is 13.2 Å². The second kappa shape index (κ2) is 8.82. The first kappa shape index (κ1) is 20.9. The maximum absolute atomic E-state index is 12.7. The van der Waals surface area contributed by atoms with Gasteiger partial charge in [0, 0.05) is 19.1 Å². The Kier molecular flexibility index (Phi) is 6.37. The van der Waals surface area contributed by atoms with E-state index in [0.29, 0.717) is 47.7 Å². The van der Waals surface area contributed by atoms with Crippen LogP contribution in [0.25, 0.3) is 0 Å². The van der Waals surface area contributed by atoms with E-state index in [-0.39, 0.29) is 11.7 Å². The maximum atomic E-state index is 12.7. The average molecular weight is 440 g/mol. The number of piperidine rings is 2. The number of halogens is 1. The van der Waals surface area contributed by atoms with Crippen LogP contribution in [0.3, 0.4) is 0 Å². The van der Waals surface area contributed by atoms with Gasteiger partial charge in [0.25, 0.3) is 5.91 Å². The molecule has 0 saturated carbocycles. The normalized spacial score (nSPS) is 27.3. The number of benzene rings is 1. The molecular weight excluding hydrogens is 410 g/mol. The van der Waals surface area contributed by atoms with Crippen molar-refractivity contribution in [1.29, 1.82) is 0 Å². The van der Waals surface area contributed by atoms with Gasteiger partial charge >= 0.3 is 0 Å². The van der Waals surface area contributed by atoms with Crippen LogP contribution in [0.2, 0.25) is 5.02 Å². The first-order valence-electron chi connectivity index (χ1n) is 10.8. The highest BCUT2D eigenvalue weighted by molar-refractivity contribution is 7.92. The van der Waals surface area contributed by atoms with Crippen molar-refractivity contribution in [2.24, 2.45) is 5.92 Å². The van der Waals surface area contributed by atoms with Crippen LogP contribution in [0.5, 0.6) is 0 Å². The predicted molar refractivity (Wildman–Crippen MR) is 116 cm³/mol. The van der Waals surface area contributed by atoms with Crippen LogP contribution in [-0.4, -0.2) is 57.2 Å². The second-order valence-corrected chi connectivity index (χ2v) is 10.9. The maximum Gasteiger partial charge on any atom is 0.252 e. The van der Waals surface area contributed by atoms with Crippen LogP contribution < -0.4 is 9.62 Å². The van der Waals surface area contributed by atoms with Crippen LogP contribution in [0.4, 0.5) is 5.69 Å². The molecule has 6 nitrogen and oxygen atoms in total. The molecule has 1 N–H and O–H groups in total. The highest BCUT2D eigenvalue weighted by Gasteiger charge is 2.33. The molecule has 0 unspecified atom stereocenters. The first-order chi connectivity index (χ1) is 14.0. The lowest BCUT2D eigenvalue weighted by atomic mass is 9.83. The minimum Gasteiger partial charge on any atom is -0.352 e. The summed E-state index contributed by atoms with van der Waals surface area (Å²) in [6, 6.07) is 5.51. The third kappa shape index (κ3) is 4.57. The van der Waals surface area contributed by atoms with Gasteiger partial charge in [-0.25, -0.2) is 8.42 Å². The highest BCUT2D eigenvalue weighted by Crippen LogP contribution is 2.31. The third-order valence-electron chi connectivity index (χ3n) is 6.59. The summed E-state index contributed by atoms with van der Waals surface area (Å²) in [4.78, 5) is 15.3. The number of nitrogens with one attached hydrogen (secondary N) is 1. The van der Waals surface area contributed by atoms with E-state index < -0.39 is 10.0 Å². The molecule has 3 aliphatic rings. The Hall–Kier alpha value is -1.31. The number of sulfonamides is 1. The van der Waals surface area contributed by atoms with Crippen molar-refractivity contribution >= 4 is 33.2 Å². The van der Waals surface area contributed by atoms with Gasteiger partial charge in [-0.1, -0.05) is 18.0 Å². The molecule has 0 spiro atoms. The predicted octanol–water partition coefficient (Wildman–Crippen LogP) is 3.26. The smallest absolute Gasteiger partial charge is 0.252 e. The molecule has 3 fully saturated rings. The Morgan fingerprint density at radius 3 is 2.66 bits per heavy atom. The summed E-state index contributed by atoms with van der Waals surface area (Å²) in [5.41, 5.74) is 0.942. The van der Waals surface area contributed by atoms with E-state index in [1.807, 2.05) is 0 Å². The van der Waals surface area contributed by atoms with Gasteiger partial charge < -0.3 is 10.2 Å². The van der Waals surface area contributed by atoms with Crippen LogP contribution in [0.15, 0.2) is 18.2 Å². The van der Waals surface area contributed by atoms with Crippen molar-refractivity contribution in [1.82, 2.24) is 10.2 Å². The van der Waals surface area contributed by atoms with Gasteiger partial charge in [-0.05, 0) is 75.7 Å². The monoisotopic (exact) mass is 439 g/mol. The second-order valence-electron chi connectivity index (χ2n) is 8.47. The number of hydrogen-bond acceptors (Lipinski definition) is 4. The molecule has 0 bridgehead atoms. The van der Waals surface area contributed by atoms with Gasteiger partial charge in [-0.3, -0.25) is 9.10 Å². The van der Waals surface area contributed by atoms with Crippen molar-refractivity contribution < 1.29 is 13.2 Å². The summed E-state index contributed by atoms with van der Waals surface area (Å²) in [6.45, 7) is 3.49. The number of amides is 1. The fourth-order valence-electron chi connectivity index (χ4n) is 5.06. The summed E-state index contributed by atoms with van der Waals surface area (Å²) in [5.74, 6) is 0.465. The lowest BCUT2D eigenvalue weighted by Gasteiger charge is -2.44. The molecule has 3 saturated heterocycles. The van der Waals surface area contributed by atoms with Gasteiger partial charge in [-0.2, -0.15) is 0 Å². The summed E-state index contributed by atoms with van der Waals surface area (Å²) >= 11 is 6.38. The van der Waals surface area contributed by atoms with Gasteiger partial charge in [0.2, 0.25) is 10.0 Å². The zero-order valence-corrected chi connectivity index (χ0v) is 18.3. The minimum atomic E-state index is -3.29. The molecule has 2 atom stereocenters. The largest absolute Gasteiger partial charge is 0.352 e. The van der Waals surface area contributed by atoms with Crippen molar-refractivity contribution in [2.45, 2.75) is 51.0 Å². The number of rotatable bonds is 4. The molecule has 8 heteroatoms. The number of carbonyl (C=O) groups is 1. The molecule has 4 rings (SSSR count). The number of fused-ring (bicyclic) bond motifs is 1. The van der Waals surface area contributed by atoms with E-state index in [2.05, 4.69) is 10.2 Å². The molecule has 29 heavy (non-hydrogen) atoms. The molecule has 3 heterocycles. The highest BCUT2D eigenvalue weighted by atomic mass is 35.5. The molecule has 1 aromatic rings. The average Bonchev–Trinajstić information content (AvgIpc) is 2.71. The summed E-state index contributed by atoms with van der Waals surface area (Å²) < 4.78 is 26.0. The van der Waals surface area contributed by atoms with E-state index in [0.717, 1.165) is 12.8 Å². The number of carbonyl (C=O) groups excluding carboxylic acids is 1. The van der Waals surface area contributed by atoms with Crippen LogP contribution in [0, 0.1) is 5.92 Å². The van der Waals surface area contributed by atoms with E-state index in [1.165, 1.54) is 43.1 Å². The van der Waals surface area contributed by atoms with E-state index in [4.69, 9.17) is 11.6 Å². The molecule has 0 aliphatic carbocycles. The van der Waals surface area contributed by atoms with Gasteiger partial charge in [0.05, 0.1) is 22.0 Å². The fraction of sp³-hybridized carbons (Fsp3) is 0.667. The molecule has 160 valence electrons.